The van der Waals surface area contributed by atoms with Crippen LogP contribution in [0.15, 0.2) is 64.2 Å². The summed E-state index contributed by atoms with van der Waals surface area (Å²) >= 11 is 0. The third-order valence-electron chi connectivity index (χ3n) is 7.05. The number of pyridine rings is 1. The van der Waals surface area contributed by atoms with Gasteiger partial charge in [0.1, 0.15) is 11.2 Å². The van der Waals surface area contributed by atoms with Crippen molar-refractivity contribution in [3.8, 4) is 0 Å². The Kier molecular flexibility index (Phi) is 8.85. The summed E-state index contributed by atoms with van der Waals surface area (Å²) in [5, 5.41) is 14.0. The number of fused-ring (bicyclic) bond motifs is 1. The summed E-state index contributed by atoms with van der Waals surface area (Å²) in [5.41, 5.74) is 0.981. The maximum absolute atomic E-state index is 14.0. The number of hydrogen-bond donors (Lipinski definition) is 1. The zero-order valence-electron chi connectivity index (χ0n) is 24.1. The fraction of sp³-hybridized carbons (Fsp3) is 0.400. The molecule has 216 valence electrons. The van der Waals surface area contributed by atoms with Crippen LogP contribution in [-0.4, -0.2) is 65.2 Å². The normalized spacial score (nSPS) is 12.3. The van der Waals surface area contributed by atoms with E-state index in [9.17, 15) is 19.5 Å². The van der Waals surface area contributed by atoms with Crippen molar-refractivity contribution in [1.29, 1.82) is 0 Å². The van der Waals surface area contributed by atoms with Crippen LogP contribution in [0.2, 0.25) is 0 Å². The van der Waals surface area contributed by atoms with Crippen LogP contribution < -0.4 is 5.56 Å². The van der Waals surface area contributed by atoms with Crippen LogP contribution in [0.1, 0.15) is 74.0 Å². The lowest BCUT2D eigenvalue weighted by molar-refractivity contribution is 0.0628. The third kappa shape index (κ3) is 6.45. The first-order valence-corrected chi connectivity index (χ1v) is 13.6. The van der Waals surface area contributed by atoms with E-state index in [0.29, 0.717) is 35.3 Å². The molecule has 0 spiro atoms. The highest BCUT2D eigenvalue weighted by molar-refractivity contribution is 5.94. The Balaban J connectivity index is 1.80. The van der Waals surface area contributed by atoms with E-state index in [4.69, 9.17) is 9.51 Å². The number of benzene rings is 1. The predicted molar refractivity (Wildman–Crippen MR) is 154 cm³/mol. The first-order valence-electron chi connectivity index (χ1n) is 13.6. The van der Waals surface area contributed by atoms with Crippen molar-refractivity contribution in [3.63, 3.8) is 0 Å². The number of carbonyl (C=O) groups is 2. The van der Waals surface area contributed by atoms with Crippen LogP contribution in [0.4, 0.5) is 4.79 Å². The summed E-state index contributed by atoms with van der Waals surface area (Å²) in [6.07, 6.45) is 2.89. The number of rotatable bonds is 10. The molecule has 2 amide bonds. The number of aromatic nitrogens is 4. The van der Waals surface area contributed by atoms with E-state index in [0.717, 1.165) is 5.56 Å². The summed E-state index contributed by atoms with van der Waals surface area (Å²) in [7, 11) is 0. The molecule has 1 N–H and O–H groups in total. The van der Waals surface area contributed by atoms with Gasteiger partial charge in [-0.2, -0.15) is 4.98 Å². The summed E-state index contributed by atoms with van der Waals surface area (Å²) in [6, 6.07) is 12.2. The van der Waals surface area contributed by atoms with Gasteiger partial charge in [-0.15, -0.1) is 0 Å². The quantitative estimate of drug-likeness (QED) is 0.289. The number of aryl methyl sites for hydroxylation is 1. The Morgan fingerprint density at radius 3 is 2.37 bits per heavy atom. The fourth-order valence-electron chi connectivity index (χ4n) is 4.98. The van der Waals surface area contributed by atoms with Crippen molar-refractivity contribution in [2.24, 2.45) is 0 Å². The molecule has 3 heterocycles. The molecule has 1 aromatic carbocycles. The molecule has 0 bridgehead atoms. The highest BCUT2D eigenvalue weighted by Crippen LogP contribution is 2.27. The molecule has 11 nitrogen and oxygen atoms in total. The van der Waals surface area contributed by atoms with Crippen molar-refractivity contribution in [1.82, 2.24) is 29.5 Å². The van der Waals surface area contributed by atoms with Crippen LogP contribution in [0.25, 0.3) is 11.1 Å². The lowest BCUT2D eigenvalue weighted by Gasteiger charge is -2.35. The molecule has 4 rings (SSSR count). The van der Waals surface area contributed by atoms with Gasteiger partial charge in [0.15, 0.2) is 0 Å². The van der Waals surface area contributed by atoms with Crippen molar-refractivity contribution < 1.29 is 19.2 Å². The molecule has 41 heavy (non-hydrogen) atoms. The van der Waals surface area contributed by atoms with Gasteiger partial charge in [-0.3, -0.25) is 19.1 Å². The van der Waals surface area contributed by atoms with E-state index in [1.54, 1.807) is 40.9 Å². The molecule has 0 saturated heterocycles. The number of carbonyl (C=O) groups excluding carboxylic acids is 1. The average Bonchev–Trinajstić information content (AvgIpc) is 3.32. The van der Waals surface area contributed by atoms with E-state index in [2.05, 4.69) is 10.1 Å². The minimum atomic E-state index is -1.03. The van der Waals surface area contributed by atoms with Gasteiger partial charge in [0.2, 0.25) is 0 Å². The lowest BCUT2D eigenvalue weighted by atomic mass is 10.1. The van der Waals surface area contributed by atoms with Crippen molar-refractivity contribution in [2.45, 2.75) is 65.6 Å². The molecule has 11 heteroatoms. The van der Waals surface area contributed by atoms with Crippen molar-refractivity contribution >= 4 is 23.1 Å². The molecule has 0 radical (unpaired) electrons. The molecule has 0 saturated carbocycles. The maximum atomic E-state index is 14.0. The fourth-order valence-corrected chi connectivity index (χ4v) is 4.98. The minimum absolute atomic E-state index is 0.117. The van der Waals surface area contributed by atoms with Crippen LogP contribution in [0, 0.1) is 6.92 Å². The van der Waals surface area contributed by atoms with Gasteiger partial charge in [0.05, 0.1) is 18.3 Å². The molecule has 4 aromatic rings. The number of hydrogen-bond acceptors (Lipinski definition) is 7. The van der Waals surface area contributed by atoms with Gasteiger partial charge in [0, 0.05) is 36.6 Å². The molecule has 1 unspecified atom stereocenters. The summed E-state index contributed by atoms with van der Waals surface area (Å²) in [5.74, 6) is 0.101. The zero-order valence-corrected chi connectivity index (χ0v) is 24.1. The largest absolute Gasteiger partial charge is 0.465 e. The smallest absolute Gasteiger partial charge is 0.407 e. The van der Waals surface area contributed by atoms with E-state index >= 15 is 0 Å². The van der Waals surface area contributed by atoms with Crippen LogP contribution in [0.5, 0.6) is 0 Å². The van der Waals surface area contributed by atoms with Crippen LogP contribution >= 0.6 is 0 Å². The molecule has 0 aliphatic heterocycles. The Bertz CT molecular complexity index is 1560. The van der Waals surface area contributed by atoms with Crippen molar-refractivity contribution in [2.75, 3.05) is 13.1 Å². The van der Waals surface area contributed by atoms with E-state index < -0.39 is 17.7 Å². The summed E-state index contributed by atoms with van der Waals surface area (Å²) in [4.78, 5) is 51.6. The summed E-state index contributed by atoms with van der Waals surface area (Å²) in [6.45, 7) is 9.80. The second kappa shape index (κ2) is 12.3. The molecule has 1 atom stereocenters. The maximum Gasteiger partial charge on any atom is 0.407 e. The van der Waals surface area contributed by atoms with Gasteiger partial charge in [0.25, 0.3) is 17.2 Å². The van der Waals surface area contributed by atoms with E-state index in [1.165, 1.54) is 4.90 Å². The lowest BCUT2D eigenvalue weighted by Crippen LogP contribution is -2.46. The minimum Gasteiger partial charge on any atom is -0.465 e. The molecular formula is C30H36N6O5. The van der Waals surface area contributed by atoms with Crippen LogP contribution in [-0.2, 0) is 6.54 Å². The molecular weight excluding hydrogens is 524 g/mol. The first kappa shape index (κ1) is 29.4. The predicted octanol–water partition coefficient (Wildman–Crippen LogP) is 4.90. The molecule has 0 aliphatic carbocycles. The van der Waals surface area contributed by atoms with Crippen LogP contribution in [0.3, 0.4) is 0 Å². The Hall–Kier alpha value is -4.54. The average molecular weight is 561 g/mol. The number of amides is 2. The van der Waals surface area contributed by atoms with Gasteiger partial charge in [-0.25, -0.2) is 4.79 Å². The Morgan fingerprint density at radius 1 is 1.07 bits per heavy atom. The third-order valence-corrected chi connectivity index (χ3v) is 7.05. The zero-order chi connectivity index (χ0) is 29.7. The standard InChI is InChI=1S/C30H36N6O5/c1-6-23(25-32-26-24(20(2)33-41-26)28(38)35(25)19-21-11-8-7-9-12-21)34(27(37)22-13-15-31-16-14-22)17-10-18-36(29(39)40)30(3,4)5/h7-9,11-16,23H,6,10,17-19H2,1-5H3,(H,39,40). The highest BCUT2D eigenvalue weighted by atomic mass is 16.5. The topological polar surface area (TPSA) is 135 Å². The first-order chi connectivity index (χ1) is 19.5. The monoisotopic (exact) mass is 560 g/mol. The van der Waals surface area contributed by atoms with Gasteiger partial charge < -0.3 is 19.4 Å². The van der Waals surface area contributed by atoms with Crippen molar-refractivity contribution in [3.05, 3.63) is 87.9 Å². The van der Waals surface area contributed by atoms with E-state index in [1.807, 2.05) is 58.0 Å². The van der Waals surface area contributed by atoms with Gasteiger partial charge >= 0.3 is 6.09 Å². The second-order valence-electron chi connectivity index (χ2n) is 10.9. The number of nitrogens with zero attached hydrogens (tertiary/aromatic N) is 6. The Morgan fingerprint density at radius 2 is 1.76 bits per heavy atom. The SMILES string of the molecule is CCC(c1nc2onc(C)c2c(=O)n1Cc1ccccc1)N(CCCN(C(=O)O)C(C)(C)C)C(=O)c1ccncc1. The van der Waals surface area contributed by atoms with Gasteiger partial charge in [-0.05, 0) is 58.2 Å². The van der Waals surface area contributed by atoms with E-state index in [-0.39, 0.29) is 36.8 Å². The molecule has 0 fully saturated rings. The molecule has 3 aromatic heterocycles. The van der Waals surface area contributed by atoms with Gasteiger partial charge in [-0.1, -0.05) is 42.4 Å². The molecule has 0 aliphatic rings. The highest BCUT2D eigenvalue weighted by Gasteiger charge is 2.32. The Labute approximate surface area is 238 Å². The second-order valence-corrected chi connectivity index (χ2v) is 10.9. The number of carboxylic acid groups (broad SMARTS) is 1. The summed E-state index contributed by atoms with van der Waals surface area (Å²) < 4.78 is 7.00.